The average Bonchev–Trinajstić information content (AvgIpc) is 2.27. The molecule has 3 heteroatoms. The van der Waals surface area contributed by atoms with Crippen molar-refractivity contribution in [2.45, 2.75) is 49.8 Å². The monoisotopic (exact) mass is 309 g/mol. The van der Waals surface area contributed by atoms with Crippen molar-refractivity contribution in [1.82, 2.24) is 5.32 Å². The van der Waals surface area contributed by atoms with Gasteiger partial charge >= 0.3 is 0 Å². The van der Waals surface area contributed by atoms with Gasteiger partial charge in [-0.1, -0.05) is 34.1 Å². The lowest BCUT2D eigenvalue weighted by molar-refractivity contribution is 0.00998. The molecule has 2 fully saturated rings. The van der Waals surface area contributed by atoms with E-state index in [0.717, 1.165) is 5.92 Å². The summed E-state index contributed by atoms with van der Waals surface area (Å²) in [6.45, 7) is 0. The molecule has 2 nitrogen and oxygen atoms in total. The van der Waals surface area contributed by atoms with E-state index in [1.165, 1.54) is 35.7 Å². The van der Waals surface area contributed by atoms with Gasteiger partial charge in [-0.3, -0.25) is 0 Å². The highest BCUT2D eigenvalue weighted by Gasteiger charge is 2.36. The van der Waals surface area contributed by atoms with E-state index in [0.29, 0.717) is 18.2 Å². The van der Waals surface area contributed by atoms with E-state index in [2.05, 4.69) is 45.5 Å². The SMILES string of the molecule is COC1CC(NC2CC(c3ccccc3Br)C2)C1. The van der Waals surface area contributed by atoms with Gasteiger partial charge in [-0.2, -0.15) is 0 Å². The van der Waals surface area contributed by atoms with Crippen molar-refractivity contribution in [3.05, 3.63) is 34.3 Å². The second-order valence-electron chi connectivity index (χ2n) is 5.58. The van der Waals surface area contributed by atoms with Crippen molar-refractivity contribution in [2.24, 2.45) is 0 Å². The molecule has 0 saturated heterocycles. The number of benzene rings is 1. The maximum atomic E-state index is 5.31. The number of hydrogen-bond acceptors (Lipinski definition) is 2. The van der Waals surface area contributed by atoms with Crippen molar-refractivity contribution < 1.29 is 4.74 Å². The molecule has 18 heavy (non-hydrogen) atoms. The highest BCUT2D eigenvalue weighted by atomic mass is 79.9. The van der Waals surface area contributed by atoms with Crippen LogP contribution in [0.5, 0.6) is 0 Å². The van der Waals surface area contributed by atoms with Crippen molar-refractivity contribution in [3.63, 3.8) is 0 Å². The van der Waals surface area contributed by atoms with Gasteiger partial charge in [0.25, 0.3) is 0 Å². The summed E-state index contributed by atoms with van der Waals surface area (Å²) in [4.78, 5) is 0. The number of methoxy groups -OCH3 is 1. The fourth-order valence-corrected chi connectivity index (χ4v) is 3.65. The molecule has 3 rings (SSSR count). The Kier molecular flexibility index (Phi) is 3.73. The molecule has 2 aliphatic rings. The van der Waals surface area contributed by atoms with E-state index in [1.54, 1.807) is 0 Å². The van der Waals surface area contributed by atoms with E-state index in [-0.39, 0.29) is 0 Å². The second-order valence-corrected chi connectivity index (χ2v) is 6.43. The predicted molar refractivity (Wildman–Crippen MR) is 76.9 cm³/mol. The molecule has 0 aliphatic heterocycles. The molecule has 1 aromatic carbocycles. The summed E-state index contributed by atoms with van der Waals surface area (Å²) >= 11 is 3.65. The van der Waals surface area contributed by atoms with Gasteiger partial charge < -0.3 is 10.1 Å². The predicted octanol–water partition coefficient (Wildman–Crippen LogP) is 3.46. The Bertz CT molecular complexity index is 411. The lowest BCUT2D eigenvalue weighted by atomic mass is 9.74. The van der Waals surface area contributed by atoms with Gasteiger partial charge in [-0.25, -0.2) is 0 Å². The van der Waals surface area contributed by atoms with E-state index in [1.807, 2.05) is 7.11 Å². The molecule has 0 bridgehead atoms. The highest BCUT2D eigenvalue weighted by Crippen LogP contribution is 2.41. The lowest BCUT2D eigenvalue weighted by Gasteiger charge is -2.43. The lowest BCUT2D eigenvalue weighted by Crippen LogP contribution is -2.52. The van der Waals surface area contributed by atoms with Gasteiger partial charge in [0.2, 0.25) is 0 Å². The Morgan fingerprint density at radius 2 is 1.78 bits per heavy atom. The Labute approximate surface area is 117 Å². The van der Waals surface area contributed by atoms with E-state index >= 15 is 0 Å². The Morgan fingerprint density at radius 3 is 2.44 bits per heavy atom. The van der Waals surface area contributed by atoms with E-state index < -0.39 is 0 Å². The highest BCUT2D eigenvalue weighted by molar-refractivity contribution is 9.10. The molecular formula is C15H20BrNO. The van der Waals surface area contributed by atoms with Crippen molar-refractivity contribution in [1.29, 1.82) is 0 Å². The quantitative estimate of drug-likeness (QED) is 0.919. The standard InChI is InChI=1S/C15H20BrNO/c1-18-13-8-12(9-13)17-11-6-10(7-11)14-4-2-3-5-15(14)16/h2-5,10-13,17H,6-9H2,1H3. The van der Waals surface area contributed by atoms with E-state index in [4.69, 9.17) is 4.74 Å². The molecule has 0 atom stereocenters. The summed E-state index contributed by atoms with van der Waals surface area (Å²) in [6, 6.07) is 10.0. The normalized spacial score (nSPS) is 34.8. The van der Waals surface area contributed by atoms with Gasteiger partial charge in [0.15, 0.2) is 0 Å². The maximum Gasteiger partial charge on any atom is 0.0601 e. The minimum absolute atomic E-state index is 0.502. The zero-order chi connectivity index (χ0) is 12.5. The van der Waals surface area contributed by atoms with Crippen molar-refractivity contribution in [3.8, 4) is 0 Å². The summed E-state index contributed by atoms with van der Waals surface area (Å²) in [7, 11) is 1.81. The Hall–Kier alpha value is -0.380. The van der Waals surface area contributed by atoms with Gasteiger partial charge in [-0.15, -0.1) is 0 Å². The van der Waals surface area contributed by atoms with Gasteiger partial charge in [0, 0.05) is 23.7 Å². The molecule has 0 heterocycles. The van der Waals surface area contributed by atoms with Gasteiger partial charge in [0.05, 0.1) is 6.10 Å². The largest absolute Gasteiger partial charge is 0.381 e. The molecule has 98 valence electrons. The first-order valence-electron chi connectivity index (χ1n) is 6.79. The molecule has 0 aromatic heterocycles. The number of hydrogen-bond donors (Lipinski definition) is 1. The molecule has 2 aliphatic carbocycles. The maximum absolute atomic E-state index is 5.31. The summed E-state index contributed by atoms with van der Waals surface area (Å²) in [5, 5.41) is 3.74. The molecule has 2 saturated carbocycles. The molecule has 1 aromatic rings. The van der Waals surface area contributed by atoms with Crippen LogP contribution in [0.2, 0.25) is 0 Å². The third kappa shape index (κ3) is 2.49. The number of rotatable bonds is 4. The Balaban J connectivity index is 1.45. The fourth-order valence-electron chi connectivity index (χ4n) is 3.04. The van der Waals surface area contributed by atoms with Crippen LogP contribution < -0.4 is 5.32 Å². The number of halogens is 1. The first kappa shape index (κ1) is 12.6. The third-order valence-electron chi connectivity index (χ3n) is 4.38. The summed E-state index contributed by atoms with van der Waals surface area (Å²) in [6.07, 6.45) is 5.43. The minimum Gasteiger partial charge on any atom is -0.381 e. The molecule has 1 N–H and O–H groups in total. The van der Waals surface area contributed by atoms with Crippen LogP contribution in [0.3, 0.4) is 0 Å². The van der Waals surface area contributed by atoms with Crippen LogP contribution in [0.1, 0.15) is 37.2 Å². The number of nitrogens with one attached hydrogen (secondary N) is 1. The fraction of sp³-hybridized carbons (Fsp3) is 0.600. The first-order chi connectivity index (χ1) is 8.76. The van der Waals surface area contributed by atoms with Crippen LogP contribution in [-0.4, -0.2) is 25.3 Å². The first-order valence-corrected chi connectivity index (χ1v) is 7.59. The smallest absolute Gasteiger partial charge is 0.0601 e. The second kappa shape index (κ2) is 5.32. The van der Waals surface area contributed by atoms with Crippen molar-refractivity contribution in [2.75, 3.05) is 7.11 Å². The molecule has 0 radical (unpaired) electrons. The van der Waals surface area contributed by atoms with Crippen LogP contribution in [0.25, 0.3) is 0 Å². The Morgan fingerprint density at radius 1 is 1.11 bits per heavy atom. The number of ether oxygens (including phenoxy) is 1. The van der Waals surface area contributed by atoms with Crippen molar-refractivity contribution >= 4 is 15.9 Å². The van der Waals surface area contributed by atoms with E-state index in [9.17, 15) is 0 Å². The van der Waals surface area contributed by atoms with Crippen LogP contribution in [0, 0.1) is 0 Å². The molecule has 0 spiro atoms. The van der Waals surface area contributed by atoms with Crippen LogP contribution >= 0.6 is 15.9 Å². The average molecular weight is 310 g/mol. The summed E-state index contributed by atoms with van der Waals surface area (Å²) in [5.41, 5.74) is 1.47. The minimum atomic E-state index is 0.502. The zero-order valence-electron chi connectivity index (χ0n) is 10.7. The topological polar surface area (TPSA) is 21.3 Å². The van der Waals surface area contributed by atoms with Crippen LogP contribution in [-0.2, 0) is 4.74 Å². The van der Waals surface area contributed by atoms with Crippen LogP contribution in [0.15, 0.2) is 28.7 Å². The molecule has 0 unspecified atom stereocenters. The summed E-state index contributed by atoms with van der Waals surface area (Å²) < 4.78 is 6.57. The summed E-state index contributed by atoms with van der Waals surface area (Å²) in [5.74, 6) is 0.733. The van der Waals surface area contributed by atoms with Crippen LogP contribution in [0.4, 0.5) is 0 Å². The molecule has 0 amide bonds. The van der Waals surface area contributed by atoms with Gasteiger partial charge in [0.1, 0.15) is 0 Å². The molecular weight excluding hydrogens is 290 g/mol. The zero-order valence-corrected chi connectivity index (χ0v) is 12.3. The van der Waals surface area contributed by atoms with Gasteiger partial charge in [-0.05, 0) is 43.2 Å². The third-order valence-corrected chi connectivity index (χ3v) is 5.10.